The summed E-state index contributed by atoms with van der Waals surface area (Å²) in [7, 11) is 0. The molecule has 3 N–H and O–H groups in total. The predicted octanol–water partition coefficient (Wildman–Crippen LogP) is 1.37. The SMILES string of the molecule is CCn1ccnc1C(NN)C1(C)CCCCO1. The summed E-state index contributed by atoms with van der Waals surface area (Å²) >= 11 is 0. The van der Waals surface area contributed by atoms with E-state index in [2.05, 4.69) is 28.8 Å². The van der Waals surface area contributed by atoms with Crippen LogP contribution in [0, 0.1) is 0 Å². The van der Waals surface area contributed by atoms with Crippen molar-refractivity contribution in [3.05, 3.63) is 18.2 Å². The number of ether oxygens (including phenoxy) is 1. The maximum Gasteiger partial charge on any atom is 0.130 e. The highest BCUT2D eigenvalue weighted by Gasteiger charge is 2.39. The molecule has 0 aliphatic carbocycles. The molecule has 17 heavy (non-hydrogen) atoms. The van der Waals surface area contributed by atoms with Gasteiger partial charge in [0.1, 0.15) is 11.9 Å². The molecule has 1 fully saturated rings. The van der Waals surface area contributed by atoms with Gasteiger partial charge < -0.3 is 9.30 Å². The molecule has 2 atom stereocenters. The second-order valence-corrected chi connectivity index (χ2v) is 4.79. The minimum absolute atomic E-state index is 0.0576. The van der Waals surface area contributed by atoms with Crippen molar-refractivity contribution in [2.24, 2.45) is 5.84 Å². The van der Waals surface area contributed by atoms with Crippen LogP contribution in [-0.4, -0.2) is 21.8 Å². The van der Waals surface area contributed by atoms with Crippen molar-refractivity contribution in [1.29, 1.82) is 0 Å². The van der Waals surface area contributed by atoms with Crippen LogP contribution in [0.3, 0.4) is 0 Å². The molecule has 0 saturated carbocycles. The third-order valence-corrected chi connectivity index (χ3v) is 3.62. The highest BCUT2D eigenvalue weighted by atomic mass is 16.5. The van der Waals surface area contributed by atoms with Gasteiger partial charge in [0.15, 0.2) is 0 Å². The van der Waals surface area contributed by atoms with Crippen LogP contribution in [-0.2, 0) is 11.3 Å². The van der Waals surface area contributed by atoms with Crippen LogP contribution in [0.5, 0.6) is 0 Å². The molecule has 1 aromatic rings. The van der Waals surface area contributed by atoms with Gasteiger partial charge in [-0.25, -0.2) is 10.4 Å². The molecule has 2 rings (SSSR count). The highest BCUT2D eigenvalue weighted by Crippen LogP contribution is 2.35. The molecule has 2 heterocycles. The largest absolute Gasteiger partial charge is 0.373 e. The second kappa shape index (κ2) is 5.16. The van der Waals surface area contributed by atoms with Crippen LogP contribution < -0.4 is 11.3 Å². The van der Waals surface area contributed by atoms with Crippen molar-refractivity contribution >= 4 is 0 Å². The van der Waals surface area contributed by atoms with Crippen LogP contribution in [0.25, 0.3) is 0 Å². The van der Waals surface area contributed by atoms with E-state index in [1.165, 1.54) is 6.42 Å². The van der Waals surface area contributed by atoms with E-state index < -0.39 is 0 Å². The molecule has 0 bridgehead atoms. The molecule has 1 aliphatic rings. The highest BCUT2D eigenvalue weighted by molar-refractivity contribution is 5.07. The molecule has 5 nitrogen and oxygen atoms in total. The summed E-state index contributed by atoms with van der Waals surface area (Å²) in [5, 5.41) is 0. The Labute approximate surface area is 102 Å². The number of imidazole rings is 1. The zero-order chi connectivity index (χ0) is 12.3. The zero-order valence-electron chi connectivity index (χ0n) is 10.6. The Morgan fingerprint density at radius 1 is 1.65 bits per heavy atom. The summed E-state index contributed by atoms with van der Waals surface area (Å²) in [6.07, 6.45) is 7.12. The third-order valence-electron chi connectivity index (χ3n) is 3.62. The van der Waals surface area contributed by atoms with Gasteiger partial charge in [-0.1, -0.05) is 0 Å². The lowest BCUT2D eigenvalue weighted by Gasteiger charge is -2.39. The first-order valence-corrected chi connectivity index (χ1v) is 6.32. The van der Waals surface area contributed by atoms with Crippen LogP contribution in [0.2, 0.25) is 0 Å². The molecular weight excluding hydrogens is 216 g/mol. The first kappa shape index (κ1) is 12.5. The first-order chi connectivity index (χ1) is 8.21. The van der Waals surface area contributed by atoms with E-state index in [0.717, 1.165) is 31.8 Å². The minimum atomic E-state index is -0.259. The fraction of sp³-hybridized carbons (Fsp3) is 0.750. The van der Waals surface area contributed by atoms with Gasteiger partial charge in [-0.15, -0.1) is 0 Å². The molecule has 1 aromatic heterocycles. The standard InChI is InChI=1S/C12H22N4O/c1-3-16-8-7-14-11(16)10(15-13)12(2)6-4-5-9-17-12/h7-8,10,15H,3-6,9,13H2,1-2H3. The quantitative estimate of drug-likeness (QED) is 0.614. The van der Waals surface area contributed by atoms with Gasteiger partial charge in [0.2, 0.25) is 0 Å². The Morgan fingerprint density at radius 2 is 2.47 bits per heavy atom. The molecule has 1 saturated heterocycles. The summed E-state index contributed by atoms with van der Waals surface area (Å²) in [6, 6.07) is -0.0576. The van der Waals surface area contributed by atoms with E-state index in [-0.39, 0.29) is 11.6 Å². The van der Waals surface area contributed by atoms with Gasteiger partial charge in [-0.3, -0.25) is 5.84 Å². The Kier molecular flexibility index (Phi) is 3.81. The maximum atomic E-state index is 5.95. The van der Waals surface area contributed by atoms with E-state index in [4.69, 9.17) is 10.6 Å². The van der Waals surface area contributed by atoms with Crippen LogP contribution in [0.4, 0.5) is 0 Å². The van der Waals surface area contributed by atoms with Crippen LogP contribution >= 0.6 is 0 Å². The van der Waals surface area contributed by atoms with Crippen LogP contribution in [0.15, 0.2) is 12.4 Å². The number of hydrogen-bond donors (Lipinski definition) is 2. The summed E-state index contributed by atoms with van der Waals surface area (Å²) in [5.74, 6) is 6.68. The number of nitrogens with one attached hydrogen (secondary N) is 1. The Hall–Kier alpha value is -0.910. The summed E-state index contributed by atoms with van der Waals surface area (Å²) < 4.78 is 8.05. The van der Waals surface area contributed by atoms with Gasteiger partial charge >= 0.3 is 0 Å². The molecule has 0 spiro atoms. The lowest BCUT2D eigenvalue weighted by Crippen LogP contribution is -2.49. The number of aromatic nitrogens is 2. The topological polar surface area (TPSA) is 65.1 Å². The van der Waals surface area contributed by atoms with Crippen molar-refractivity contribution in [2.45, 2.75) is 51.3 Å². The maximum absolute atomic E-state index is 5.95. The zero-order valence-corrected chi connectivity index (χ0v) is 10.6. The molecule has 5 heteroatoms. The summed E-state index contributed by atoms with van der Waals surface area (Å²) in [6.45, 7) is 5.92. The van der Waals surface area contributed by atoms with Crippen molar-refractivity contribution in [3.63, 3.8) is 0 Å². The predicted molar refractivity (Wildman–Crippen MR) is 66.2 cm³/mol. The smallest absolute Gasteiger partial charge is 0.130 e. The molecular formula is C12H22N4O. The number of rotatable bonds is 4. The fourth-order valence-corrected chi connectivity index (χ4v) is 2.56. The lowest BCUT2D eigenvalue weighted by molar-refractivity contribution is -0.0921. The Morgan fingerprint density at radius 3 is 3.06 bits per heavy atom. The minimum Gasteiger partial charge on any atom is -0.373 e. The molecule has 0 amide bonds. The van der Waals surface area contributed by atoms with Gasteiger partial charge in [0.05, 0.1) is 5.60 Å². The average Bonchev–Trinajstić information content (AvgIpc) is 2.79. The molecule has 2 unspecified atom stereocenters. The number of nitrogens with zero attached hydrogens (tertiary/aromatic N) is 2. The van der Waals surface area contributed by atoms with Gasteiger partial charge in [0, 0.05) is 25.5 Å². The van der Waals surface area contributed by atoms with E-state index in [9.17, 15) is 0 Å². The molecule has 0 radical (unpaired) electrons. The Bertz CT molecular complexity index is 357. The van der Waals surface area contributed by atoms with E-state index in [1.807, 2.05) is 12.4 Å². The average molecular weight is 238 g/mol. The summed E-state index contributed by atoms with van der Waals surface area (Å²) in [4.78, 5) is 4.42. The van der Waals surface area contributed by atoms with Gasteiger partial charge in [-0.05, 0) is 33.1 Å². The van der Waals surface area contributed by atoms with Crippen molar-refractivity contribution < 1.29 is 4.74 Å². The van der Waals surface area contributed by atoms with Crippen LogP contribution in [0.1, 0.15) is 45.0 Å². The van der Waals surface area contributed by atoms with Gasteiger partial charge in [-0.2, -0.15) is 0 Å². The second-order valence-electron chi connectivity index (χ2n) is 4.79. The fourth-order valence-electron chi connectivity index (χ4n) is 2.56. The normalized spacial score (nSPS) is 27.0. The number of nitrogens with two attached hydrogens (primary N) is 1. The summed E-state index contributed by atoms with van der Waals surface area (Å²) in [5.41, 5.74) is 2.62. The third kappa shape index (κ3) is 2.36. The Balaban J connectivity index is 2.26. The molecule has 96 valence electrons. The number of hydrazine groups is 1. The molecule has 1 aliphatic heterocycles. The van der Waals surface area contributed by atoms with Crippen molar-refractivity contribution in [3.8, 4) is 0 Å². The number of aryl methyl sites for hydroxylation is 1. The molecule has 0 aromatic carbocycles. The van der Waals surface area contributed by atoms with Crippen molar-refractivity contribution in [1.82, 2.24) is 15.0 Å². The lowest BCUT2D eigenvalue weighted by atomic mass is 9.88. The monoisotopic (exact) mass is 238 g/mol. The van der Waals surface area contributed by atoms with Gasteiger partial charge in [0.25, 0.3) is 0 Å². The number of hydrogen-bond acceptors (Lipinski definition) is 4. The first-order valence-electron chi connectivity index (χ1n) is 6.32. The van der Waals surface area contributed by atoms with Crippen molar-refractivity contribution in [2.75, 3.05) is 6.61 Å². The van der Waals surface area contributed by atoms with E-state index in [1.54, 1.807) is 0 Å². The van der Waals surface area contributed by atoms with E-state index >= 15 is 0 Å². The van der Waals surface area contributed by atoms with E-state index in [0.29, 0.717) is 0 Å².